The quantitative estimate of drug-likeness (QED) is 0.360. The van der Waals surface area contributed by atoms with E-state index in [1.807, 2.05) is 31.4 Å². The first-order valence-corrected chi connectivity index (χ1v) is 12.2. The molecular weight excluding hydrogens is 440 g/mol. The molecule has 0 aliphatic carbocycles. The van der Waals surface area contributed by atoms with Crippen LogP contribution in [0.1, 0.15) is 36.8 Å². The molecule has 0 bridgehead atoms. The van der Waals surface area contributed by atoms with Crippen LogP contribution in [0.5, 0.6) is 5.75 Å². The van der Waals surface area contributed by atoms with Crippen LogP contribution in [0.3, 0.4) is 0 Å². The highest BCUT2D eigenvalue weighted by atomic mass is 32.1. The number of rotatable bonds is 8. The molecule has 4 rings (SSSR count). The van der Waals surface area contributed by atoms with Gasteiger partial charge in [0.25, 0.3) is 11.7 Å². The maximum atomic E-state index is 13.1. The standard InChI is InChI=1S/C25H30N2O5S/c1-17(2)32-19-8-6-18(7-9-19)23(28)21-22(20-5-3-16-33-20)27(25(30)24(21)29)11-4-10-26-12-14-31-15-13-26/h3,5-9,16-17,22,28H,4,10-15H2,1-2H3. The first-order chi connectivity index (χ1) is 16.0. The Bertz CT molecular complexity index is 994. The lowest BCUT2D eigenvalue weighted by atomic mass is 10.00. The van der Waals surface area contributed by atoms with Gasteiger partial charge in [-0.3, -0.25) is 14.5 Å². The number of amides is 1. The van der Waals surface area contributed by atoms with Gasteiger partial charge < -0.3 is 19.5 Å². The third-order valence-electron chi connectivity index (χ3n) is 5.83. The molecule has 8 heteroatoms. The topological polar surface area (TPSA) is 79.3 Å². The van der Waals surface area contributed by atoms with E-state index < -0.39 is 17.7 Å². The van der Waals surface area contributed by atoms with E-state index in [0.29, 0.717) is 17.9 Å². The van der Waals surface area contributed by atoms with E-state index in [0.717, 1.165) is 44.1 Å². The molecule has 2 saturated heterocycles. The normalized spacial score (nSPS) is 21.2. The summed E-state index contributed by atoms with van der Waals surface area (Å²) in [6, 6.07) is 10.2. The van der Waals surface area contributed by atoms with Crippen LogP contribution in [0.25, 0.3) is 5.76 Å². The largest absolute Gasteiger partial charge is 0.507 e. The zero-order chi connectivity index (χ0) is 23.4. The Hall–Kier alpha value is -2.68. The van der Waals surface area contributed by atoms with Gasteiger partial charge in [-0.05, 0) is 56.0 Å². The molecule has 1 N–H and O–H groups in total. The predicted molar refractivity (Wildman–Crippen MR) is 127 cm³/mol. The molecule has 2 aliphatic rings. The van der Waals surface area contributed by atoms with E-state index in [9.17, 15) is 14.7 Å². The van der Waals surface area contributed by atoms with Crippen LogP contribution in [0, 0.1) is 0 Å². The van der Waals surface area contributed by atoms with E-state index in [4.69, 9.17) is 9.47 Å². The number of morpholine rings is 1. The second-order valence-electron chi connectivity index (χ2n) is 8.51. The van der Waals surface area contributed by atoms with Gasteiger partial charge in [0.1, 0.15) is 11.5 Å². The van der Waals surface area contributed by atoms with Crippen molar-refractivity contribution in [1.82, 2.24) is 9.80 Å². The lowest BCUT2D eigenvalue weighted by Gasteiger charge is -2.28. The maximum Gasteiger partial charge on any atom is 0.295 e. The number of ether oxygens (including phenoxy) is 2. The van der Waals surface area contributed by atoms with E-state index in [1.54, 1.807) is 29.2 Å². The second kappa shape index (κ2) is 10.5. The first-order valence-electron chi connectivity index (χ1n) is 11.3. The highest BCUT2D eigenvalue weighted by Crippen LogP contribution is 2.41. The van der Waals surface area contributed by atoms with Crippen molar-refractivity contribution in [3.63, 3.8) is 0 Å². The SMILES string of the molecule is CC(C)Oc1ccc(C(O)=C2C(=O)C(=O)N(CCCN3CCOCC3)C2c2cccs2)cc1. The number of benzene rings is 1. The van der Waals surface area contributed by atoms with Crippen LogP contribution in [0.4, 0.5) is 0 Å². The molecular formula is C25H30N2O5S. The third kappa shape index (κ3) is 5.29. The van der Waals surface area contributed by atoms with Crippen LogP contribution >= 0.6 is 11.3 Å². The van der Waals surface area contributed by atoms with Crippen molar-refractivity contribution in [3.05, 3.63) is 57.8 Å². The molecule has 7 nitrogen and oxygen atoms in total. The smallest absolute Gasteiger partial charge is 0.295 e. The number of thiophene rings is 1. The van der Waals surface area contributed by atoms with Crippen LogP contribution in [0.2, 0.25) is 0 Å². The molecule has 1 amide bonds. The van der Waals surface area contributed by atoms with E-state index in [1.165, 1.54) is 11.3 Å². The Labute approximate surface area is 198 Å². The summed E-state index contributed by atoms with van der Waals surface area (Å²) in [4.78, 5) is 30.8. The molecule has 2 fully saturated rings. The molecule has 1 aromatic carbocycles. The number of carbonyl (C=O) groups excluding carboxylic acids is 2. The first kappa shape index (κ1) is 23.5. The number of hydrogen-bond acceptors (Lipinski definition) is 7. The molecule has 176 valence electrons. The molecule has 3 heterocycles. The predicted octanol–water partition coefficient (Wildman–Crippen LogP) is 3.68. The van der Waals surface area contributed by atoms with Gasteiger partial charge in [-0.15, -0.1) is 11.3 Å². The highest BCUT2D eigenvalue weighted by Gasteiger charge is 2.46. The van der Waals surface area contributed by atoms with Crippen molar-refractivity contribution in [1.29, 1.82) is 0 Å². The monoisotopic (exact) mass is 470 g/mol. The summed E-state index contributed by atoms with van der Waals surface area (Å²) in [7, 11) is 0. The number of Topliss-reactive ketones (excluding diaryl/α,β-unsaturated/α-hetero) is 1. The van der Waals surface area contributed by atoms with Crippen LogP contribution in [-0.4, -0.2) is 72.1 Å². The number of ketones is 1. The number of nitrogens with zero attached hydrogens (tertiary/aromatic N) is 2. The van der Waals surface area contributed by atoms with Gasteiger partial charge in [0.15, 0.2) is 0 Å². The van der Waals surface area contributed by atoms with Crippen LogP contribution in [-0.2, 0) is 14.3 Å². The summed E-state index contributed by atoms with van der Waals surface area (Å²) >= 11 is 1.48. The molecule has 2 aromatic rings. The minimum absolute atomic E-state index is 0.0334. The minimum atomic E-state index is -0.639. The van der Waals surface area contributed by atoms with E-state index >= 15 is 0 Å². The Kier molecular flexibility index (Phi) is 7.47. The molecule has 1 unspecified atom stereocenters. The Morgan fingerprint density at radius 3 is 2.52 bits per heavy atom. The van der Waals surface area contributed by atoms with Gasteiger partial charge >= 0.3 is 0 Å². The number of likely N-dealkylation sites (tertiary alicyclic amines) is 1. The fraction of sp³-hybridized carbons (Fsp3) is 0.440. The van der Waals surface area contributed by atoms with Gasteiger partial charge in [-0.2, -0.15) is 0 Å². The lowest BCUT2D eigenvalue weighted by molar-refractivity contribution is -0.140. The molecule has 0 saturated carbocycles. The van der Waals surface area contributed by atoms with Gasteiger partial charge in [-0.1, -0.05) is 6.07 Å². The Morgan fingerprint density at radius 1 is 1.15 bits per heavy atom. The molecule has 0 spiro atoms. The van der Waals surface area contributed by atoms with Crippen molar-refractivity contribution in [2.75, 3.05) is 39.4 Å². The summed E-state index contributed by atoms with van der Waals surface area (Å²) in [6.45, 7) is 8.36. The second-order valence-corrected chi connectivity index (χ2v) is 9.49. The van der Waals surface area contributed by atoms with Gasteiger partial charge in [0.05, 0.1) is 30.9 Å². The summed E-state index contributed by atoms with van der Waals surface area (Å²) in [5.41, 5.74) is 0.630. The maximum absolute atomic E-state index is 13.1. The molecule has 1 aromatic heterocycles. The Balaban J connectivity index is 1.59. The van der Waals surface area contributed by atoms with Crippen LogP contribution < -0.4 is 4.74 Å². The van der Waals surface area contributed by atoms with Gasteiger partial charge in [0.2, 0.25) is 0 Å². The minimum Gasteiger partial charge on any atom is -0.507 e. The fourth-order valence-corrected chi connectivity index (χ4v) is 5.11. The van der Waals surface area contributed by atoms with E-state index in [2.05, 4.69) is 4.90 Å². The summed E-state index contributed by atoms with van der Waals surface area (Å²) in [5, 5.41) is 13.0. The van der Waals surface area contributed by atoms with Gasteiger partial charge in [0, 0.05) is 36.6 Å². The molecule has 33 heavy (non-hydrogen) atoms. The van der Waals surface area contributed by atoms with Crippen molar-refractivity contribution < 1.29 is 24.2 Å². The summed E-state index contributed by atoms with van der Waals surface area (Å²) in [5.74, 6) is -0.671. The van der Waals surface area contributed by atoms with Crippen molar-refractivity contribution in [3.8, 4) is 5.75 Å². The zero-order valence-corrected chi connectivity index (χ0v) is 19.8. The lowest BCUT2D eigenvalue weighted by Crippen LogP contribution is -2.38. The highest BCUT2D eigenvalue weighted by molar-refractivity contribution is 7.10. The van der Waals surface area contributed by atoms with Crippen molar-refractivity contribution in [2.24, 2.45) is 0 Å². The number of carbonyl (C=O) groups is 2. The number of aliphatic hydroxyl groups is 1. The Morgan fingerprint density at radius 2 is 1.88 bits per heavy atom. The number of hydrogen-bond donors (Lipinski definition) is 1. The van der Waals surface area contributed by atoms with E-state index in [-0.39, 0.29) is 17.4 Å². The summed E-state index contributed by atoms with van der Waals surface area (Å²) < 4.78 is 11.1. The fourth-order valence-electron chi connectivity index (χ4n) is 4.26. The average molecular weight is 471 g/mol. The summed E-state index contributed by atoms with van der Waals surface area (Å²) in [6.07, 6.45) is 0.780. The van der Waals surface area contributed by atoms with Crippen molar-refractivity contribution in [2.45, 2.75) is 32.4 Å². The van der Waals surface area contributed by atoms with Crippen LogP contribution in [0.15, 0.2) is 47.4 Å². The average Bonchev–Trinajstić information content (AvgIpc) is 3.42. The number of aliphatic hydroxyl groups excluding tert-OH is 1. The molecule has 2 aliphatic heterocycles. The third-order valence-corrected chi connectivity index (χ3v) is 6.75. The van der Waals surface area contributed by atoms with Gasteiger partial charge in [-0.25, -0.2) is 0 Å². The molecule has 0 radical (unpaired) electrons. The van der Waals surface area contributed by atoms with Crippen molar-refractivity contribution >= 4 is 28.8 Å². The zero-order valence-electron chi connectivity index (χ0n) is 19.0. The molecule has 1 atom stereocenters.